The number of anilines is 1. The lowest BCUT2D eigenvalue weighted by atomic mass is 9.99. The first-order chi connectivity index (χ1) is 24.1. The van der Waals surface area contributed by atoms with Crippen LogP contribution in [0.2, 0.25) is 0 Å². The first-order valence-corrected chi connectivity index (χ1v) is 17.8. The summed E-state index contributed by atoms with van der Waals surface area (Å²) in [5, 5.41) is 0. The van der Waals surface area contributed by atoms with Gasteiger partial charge in [-0.05, 0) is 69.2 Å². The predicted octanol–water partition coefficient (Wildman–Crippen LogP) is 1.97. The second-order valence-electron chi connectivity index (χ2n) is 13.9. The lowest BCUT2D eigenvalue weighted by Crippen LogP contribution is -2.53. The van der Waals surface area contributed by atoms with Crippen LogP contribution >= 0.6 is 11.7 Å². The fourth-order valence-corrected chi connectivity index (χ4v) is 5.48. The lowest BCUT2D eigenvalue weighted by Gasteiger charge is -2.38. The highest BCUT2D eigenvalue weighted by molar-refractivity contribution is 6.99. The van der Waals surface area contributed by atoms with Gasteiger partial charge in [-0.3, -0.25) is 24.0 Å². The van der Waals surface area contributed by atoms with Crippen LogP contribution in [0.25, 0.3) is 0 Å². The molecule has 0 radical (unpaired) electrons. The molecule has 1 saturated heterocycles. The number of ether oxygens (including phenoxy) is 7. The van der Waals surface area contributed by atoms with Gasteiger partial charge in [-0.1, -0.05) is 0 Å². The van der Waals surface area contributed by atoms with Gasteiger partial charge < -0.3 is 43.0 Å². The molecule has 0 spiro atoms. The largest absolute Gasteiger partial charge is 0.470 e. The highest BCUT2D eigenvalue weighted by Gasteiger charge is 2.37. The zero-order valence-electron chi connectivity index (χ0n) is 32.0. The van der Waals surface area contributed by atoms with Gasteiger partial charge in [0.05, 0.1) is 31.5 Å². The van der Waals surface area contributed by atoms with Crippen molar-refractivity contribution in [2.24, 2.45) is 0 Å². The van der Waals surface area contributed by atoms with Crippen LogP contribution in [0.5, 0.6) is 5.88 Å². The van der Waals surface area contributed by atoms with Gasteiger partial charge in [0.15, 0.2) is 23.8 Å². The Morgan fingerprint density at radius 1 is 0.865 bits per heavy atom. The van der Waals surface area contributed by atoms with Crippen LogP contribution in [0, 0.1) is 0 Å². The summed E-state index contributed by atoms with van der Waals surface area (Å²) in [6, 6.07) is 0. The quantitative estimate of drug-likeness (QED) is 0.165. The monoisotopic (exact) mass is 758 g/mol. The van der Waals surface area contributed by atoms with Crippen LogP contribution in [0.3, 0.4) is 0 Å². The molecule has 1 aromatic heterocycles. The number of amides is 1. The number of esters is 2. The third-order valence-corrected chi connectivity index (χ3v) is 8.55. The van der Waals surface area contributed by atoms with E-state index >= 15 is 0 Å². The number of aromatic nitrogens is 2. The molecule has 0 bridgehead atoms. The third kappa shape index (κ3) is 14.1. The Labute approximate surface area is 309 Å². The fourth-order valence-electron chi connectivity index (χ4n) is 4.96. The second kappa shape index (κ2) is 20.0. The van der Waals surface area contributed by atoms with Gasteiger partial charge in [0.2, 0.25) is 17.5 Å². The van der Waals surface area contributed by atoms with Crippen molar-refractivity contribution < 1.29 is 61.9 Å². The van der Waals surface area contributed by atoms with Crippen molar-refractivity contribution in [1.82, 2.24) is 13.6 Å². The van der Waals surface area contributed by atoms with E-state index in [1.807, 2.05) is 4.90 Å². The lowest BCUT2D eigenvalue weighted by molar-refractivity contribution is -0.168. The molecule has 52 heavy (non-hydrogen) atoms. The van der Waals surface area contributed by atoms with Crippen molar-refractivity contribution in [3.8, 4) is 5.88 Å². The minimum atomic E-state index is -1.48. The molecule has 1 fully saturated rings. The Morgan fingerprint density at radius 3 is 2.08 bits per heavy atom. The molecular formula is C34H54N4O13S. The molecule has 1 aromatic rings. The van der Waals surface area contributed by atoms with Crippen molar-refractivity contribution in [3.05, 3.63) is 0 Å². The summed E-state index contributed by atoms with van der Waals surface area (Å²) in [6.45, 7) is 17.3. The molecule has 1 aliphatic rings. The van der Waals surface area contributed by atoms with E-state index in [0.29, 0.717) is 32.1 Å². The van der Waals surface area contributed by atoms with Crippen LogP contribution in [0.15, 0.2) is 0 Å². The van der Waals surface area contributed by atoms with E-state index in [4.69, 9.17) is 33.2 Å². The van der Waals surface area contributed by atoms with Crippen LogP contribution in [-0.2, 0) is 57.2 Å². The molecule has 0 aromatic carbocycles. The number of ketones is 3. The second-order valence-corrected chi connectivity index (χ2v) is 14.4. The van der Waals surface area contributed by atoms with Crippen molar-refractivity contribution >= 4 is 52.7 Å². The van der Waals surface area contributed by atoms with E-state index in [-0.39, 0.29) is 24.8 Å². The van der Waals surface area contributed by atoms with Crippen LogP contribution < -0.4 is 9.64 Å². The maximum Gasteiger partial charge on any atom is 0.332 e. The zero-order chi connectivity index (χ0) is 39.4. The highest BCUT2D eigenvalue weighted by atomic mass is 32.1. The fraction of sp³-hybridized carbons (Fsp3) is 0.765. The SMILES string of the molecule is CC(=O)OC(C)C(=O)C(C)(C)OCC(=O)N(C[C@@H](COc1nsnc1N1CCOCC1)OC(=O)COC(C)C(=O)C(C)OC(C)C(C)=O)C(C)(C)C. The van der Waals surface area contributed by atoms with Crippen LogP contribution in [-0.4, -0.2) is 143 Å². The van der Waals surface area contributed by atoms with Gasteiger partial charge in [0.1, 0.15) is 43.7 Å². The molecule has 18 heteroatoms. The maximum atomic E-state index is 13.7. The molecule has 5 atom stereocenters. The minimum Gasteiger partial charge on any atom is -0.470 e. The summed E-state index contributed by atoms with van der Waals surface area (Å²) in [5.41, 5.74) is -2.30. The minimum absolute atomic E-state index is 0.164. The van der Waals surface area contributed by atoms with E-state index in [0.717, 1.165) is 11.7 Å². The van der Waals surface area contributed by atoms with E-state index in [9.17, 15) is 28.8 Å². The number of morpholine rings is 1. The first-order valence-electron chi connectivity index (χ1n) is 17.1. The maximum absolute atomic E-state index is 13.7. The number of carbonyl (C=O) groups is 6. The van der Waals surface area contributed by atoms with Crippen molar-refractivity contribution in [1.29, 1.82) is 0 Å². The summed E-state index contributed by atoms with van der Waals surface area (Å²) < 4.78 is 47.5. The molecule has 17 nitrogen and oxygen atoms in total. The number of hydrogen-bond donors (Lipinski definition) is 0. The average molecular weight is 759 g/mol. The smallest absolute Gasteiger partial charge is 0.332 e. The van der Waals surface area contributed by atoms with Gasteiger partial charge in [-0.2, -0.15) is 4.37 Å². The van der Waals surface area contributed by atoms with E-state index in [2.05, 4.69) is 8.75 Å². The molecule has 2 heterocycles. The summed E-state index contributed by atoms with van der Waals surface area (Å²) in [7, 11) is 0. The summed E-state index contributed by atoms with van der Waals surface area (Å²) in [5.74, 6) is -2.51. The summed E-state index contributed by atoms with van der Waals surface area (Å²) >= 11 is 0.954. The van der Waals surface area contributed by atoms with Gasteiger partial charge in [0, 0.05) is 25.6 Å². The number of rotatable bonds is 21. The first kappa shape index (κ1) is 44.6. The Balaban J connectivity index is 2.22. The molecule has 0 saturated carbocycles. The molecule has 1 amide bonds. The molecule has 2 rings (SSSR count). The van der Waals surface area contributed by atoms with Gasteiger partial charge in [0.25, 0.3) is 5.88 Å². The number of nitrogens with zero attached hydrogens (tertiary/aromatic N) is 4. The molecule has 294 valence electrons. The normalized spacial score (nSPS) is 16.6. The van der Waals surface area contributed by atoms with Gasteiger partial charge >= 0.3 is 11.9 Å². The molecule has 4 unspecified atom stereocenters. The van der Waals surface area contributed by atoms with E-state index < -0.39 is 84.3 Å². The molecule has 0 N–H and O–H groups in total. The van der Waals surface area contributed by atoms with E-state index in [1.165, 1.54) is 60.3 Å². The van der Waals surface area contributed by atoms with Crippen LogP contribution in [0.4, 0.5) is 5.82 Å². The topological polar surface area (TPSA) is 199 Å². The Kier molecular flexibility index (Phi) is 17.2. The number of Topliss-reactive ketones (excluding diaryl/α,β-unsaturated/α-hetero) is 3. The summed E-state index contributed by atoms with van der Waals surface area (Å²) in [4.78, 5) is 78.8. The van der Waals surface area contributed by atoms with Gasteiger partial charge in [-0.25, -0.2) is 4.79 Å². The summed E-state index contributed by atoms with van der Waals surface area (Å²) in [6.07, 6.45) is -4.97. The Bertz CT molecular complexity index is 1390. The zero-order valence-corrected chi connectivity index (χ0v) is 32.9. The number of hydrogen-bond acceptors (Lipinski definition) is 17. The standard InChI is InChI=1S/C34H54N4O13S/c1-20(39)21(2)49-23(4)29(43)22(3)46-19-28(42)51-26(17-47-32-31(35-52-36-32)37-12-14-45-15-13-37)16-38(33(7,8)9)27(41)18-48-34(10,11)30(44)24(5)50-25(6)40/h21-24,26H,12-19H2,1-11H3/t21?,22?,23?,24?,26-/m0/s1. The van der Waals surface area contributed by atoms with Gasteiger partial charge in [-0.15, -0.1) is 4.37 Å². The molecular weight excluding hydrogens is 704 g/mol. The van der Waals surface area contributed by atoms with Crippen molar-refractivity contribution in [2.45, 2.75) is 118 Å². The third-order valence-electron chi connectivity index (χ3n) is 8.05. The predicted molar refractivity (Wildman–Crippen MR) is 187 cm³/mol. The average Bonchev–Trinajstić information content (AvgIpc) is 3.54. The molecule has 0 aliphatic carbocycles. The van der Waals surface area contributed by atoms with Crippen molar-refractivity contribution in [2.75, 3.05) is 57.6 Å². The van der Waals surface area contributed by atoms with Crippen molar-refractivity contribution in [3.63, 3.8) is 0 Å². The Hall–Kier alpha value is -3.58. The highest BCUT2D eigenvalue weighted by Crippen LogP contribution is 2.27. The molecule has 1 aliphatic heterocycles. The van der Waals surface area contributed by atoms with Crippen LogP contribution in [0.1, 0.15) is 76.2 Å². The Morgan fingerprint density at radius 2 is 1.50 bits per heavy atom. The van der Waals surface area contributed by atoms with E-state index in [1.54, 1.807) is 20.8 Å². The number of carbonyl (C=O) groups excluding carboxylic acids is 6.